The van der Waals surface area contributed by atoms with Crippen LogP contribution >= 0.6 is 0 Å². The predicted molar refractivity (Wildman–Crippen MR) is 31.8 cm³/mol. The summed E-state index contributed by atoms with van der Waals surface area (Å²) in [7, 11) is 0. The van der Waals surface area contributed by atoms with E-state index in [2.05, 4.69) is 10.2 Å². The number of nitrogens with zero attached hydrogens (tertiary/aromatic N) is 2. The van der Waals surface area contributed by atoms with Gasteiger partial charge in [0, 0.05) is 0 Å². The molecule has 0 unspecified atom stereocenters. The Kier molecular flexibility index (Phi) is 1.40. The van der Waals surface area contributed by atoms with E-state index >= 15 is 0 Å². The highest BCUT2D eigenvalue weighted by Crippen LogP contribution is 2.01. The second-order valence-corrected chi connectivity index (χ2v) is 1.52. The molecule has 0 amide bonds. The van der Waals surface area contributed by atoms with Crippen molar-refractivity contribution in [1.82, 2.24) is 10.2 Å². The fourth-order valence-corrected chi connectivity index (χ4v) is 0.439. The molecule has 1 rings (SSSR count). The maximum atomic E-state index is 10.1. The van der Waals surface area contributed by atoms with Crippen molar-refractivity contribution in [2.24, 2.45) is 0 Å². The van der Waals surface area contributed by atoms with Crippen LogP contribution in [0.5, 0.6) is 0 Å². The van der Waals surface area contributed by atoms with E-state index in [1.807, 2.05) is 0 Å². The highest BCUT2D eigenvalue weighted by molar-refractivity contribution is 5.81. The molecule has 0 spiro atoms. The molecule has 4 heteroatoms. The van der Waals surface area contributed by atoms with E-state index in [4.69, 9.17) is 5.73 Å². The van der Waals surface area contributed by atoms with E-state index in [0.29, 0.717) is 17.5 Å². The first-order valence-corrected chi connectivity index (χ1v) is 2.36. The highest BCUT2D eigenvalue weighted by atomic mass is 16.1. The normalized spacial score (nSPS) is 8.89. The first-order chi connectivity index (χ1) is 4.34. The topological polar surface area (TPSA) is 68.9 Å². The average Bonchev–Trinajstić information content (AvgIpc) is 1.89. The van der Waals surface area contributed by atoms with Crippen molar-refractivity contribution >= 4 is 12.0 Å². The minimum absolute atomic E-state index is 0.361. The van der Waals surface area contributed by atoms with E-state index in [1.54, 1.807) is 0 Å². The van der Waals surface area contributed by atoms with Gasteiger partial charge in [-0.15, -0.1) is 0 Å². The van der Waals surface area contributed by atoms with Crippen LogP contribution in [-0.2, 0) is 0 Å². The van der Waals surface area contributed by atoms with E-state index in [9.17, 15) is 4.79 Å². The van der Waals surface area contributed by atoms with Crippen molar-refractivity contribution in [3.63, 3.8) is 0 Å². The number of hydrogen-bond acceptors (Lipinski definition) is 4. The van der Waals surface area contributed by atoms with Gasteiger partial charge in [0.15, 0.2) is 6.29 Å². The molecule has 0 aliphatic heterocycles. The number of rotatable bonds is 1. The molecule has 0 aliphatic carbocycles. The van der Waals surface area contributed by atoms with Gasteiger partial charge in [0.05, 0.1) is 23.6 Å². The summed E-state index contributed by atoms with van der Waals surface area (Å²) in [6.07, 6.45) is 3.30. The van der Waals surface area contributed by atoms with Crippen LogP contribution in [0.15, 0.2) is 12.4 Å². The molecule has 4 nitrogen and oxygen atoms in total. The number of carbonyl (C=O) groups is 1. The SMILES string of the molecule is Nc1cnncc1C=O. The summed E-state index contributed by atoms with van der Waals surface area (Å²) in [4.78, 5) is 10.1. The van der Waals surface area contributed by atoms with E-state index in [0.717, 1.165) is 0 Å². The summed E-state index contributed by atoms with van der Waals surface area (Å²) in [5, 5.41) is 6.91. The minimum Gasteiger partial charge on any atom is -0.397 e. The van der Waals surface area contributed by atoms with Crippen molar-refractivity contribution in [3.8, 4) is 0 Å². The van der Waals surface area contributed by atoms with Crippen molar-refractivity contribution in [1.29, 1.82) is 0 Å². The number of carbonyl (C=O) groups excluding carboxylic acids is 1. The van der Waals surface area contributed by atoms with Gasteiger partial charge in [-0.05, 0) is 0 Å². The number of nitrogen functional groups attached to an aromatic ring is 1. The first-order valence-electron chi connectivity index (χ1n) is 2.36. The van der Waals surface area contributed by atoms with Gasteiger partial charge in [-0.25, -0.2) is 0 Å². The first kappa shape index (κ1) is 5.68. The molecule has 2 N–H and O–H groups in total. The molecule has 0 saturated heterocycles. The number of aldehydes is 1. The zero-order valence-electron chi connectivity index (χ0n) is 4.61. The Hall–Kier alpha value is -1.45. The van der Waals surface area contributed by atoms with Crippen LogP contribution in [0.1, 0.15) is 10.4 Å². The minimum atomic E-state index is 0.361. The lowest BCUT2D eigenvalue weighted by molar-refractivity contribution is 0.112. The Morgan fingerprint density at radius 3 is 2.56 bits per heavy atom. The molecule has 9 heavy (non-hydrogen) atoms. The summed E-state index contributed by atoms with van der Waals surface area (Å²) in [5.74, 6) is 0. The fraction of sp³-hybridized carbons (Fsp3) is 0. The predicted octanol–water partition coefficient (Wildman–Crippen LogP) is -0.129. The molecule has 0 bridgehead atoms. The zero-order valence-corrected chi connectivity index (χ0v) is 4.61. The van der Waals surface area contributed by atoms with Gasteiger partial charge < -0.3 is 5.73 Å². The lowest BCUT2D eigenvalue weighted by Crippen LogP contribution is -1.94. The summed E-state index contributed by atoms with van der Waals surface area (Å²) >= 11 is 0. The molecule has 0 saturated carbocycles. The Morgan fingerprint density at radius 2 is 2.11 bits per heavy atom. The van der Waals surface area contributed by atoms with Gasteiger partial charge in [0.1, 0.15) is 0 Å². The molecule has 0 aliphatic rings. The van der Waals surface area contributed by atoms with Crippen LogP contribution in [0.3, 0.4) is 0 Å². The van der Waals surface area contributed by atoms with E-state index < -0.39 is 0 Å². The number of nitrogens with two attached hydrogens (primary N) is 1. The van der Waals surface area contributed by atoms with Crippen LogP contribution < -0.4 is 5.73 Å². The monoisotopic (exact) mass is 123 g/mol. The molecule has 0 aromatic carbocycles. The third-order valence-corrected chi connectivity index (χ3v) is 0.921. The van der Waals surface area contributed by atoms with E-state index in [1.165, 1.54) is 12.4 Å². The van der Waals surface area contributed by atoms with Crippen molar-refractivity contribution in [2.45, 2.75) is 0 Å². The third-order valence-electron chi connectivity index (χ3n) is 0.921. The zero-order chi connectivity index (χ0) is 6.69. The molecule has 1 aromatic rings. The smallest absolute Gasteiger partial charge is 0.153 e. The lowest BCUT2D eigenvalue weighted by atomic mass is 10.3. The quantitative estimate of drug-likeness (QED) is 0.528. The third kappa shape index (κ3) is 1.02. The molecule has 46 valence electrons. The fourth-order valence-electron chi connectivity index (χ4n) is 0.439. The highest BCUT2D eigenvalue weighted by Gasteiger charge is 1.93. The van der Waals surface area contributed by atoms with Gasteiger partial charge >= 0.3 is 0 Å². The molecule has 1 heterocycles. The largest absolute Gasteiger partial charge is 0.397 e. The molecule has 1 aromatic heterocycles. The van der Waals surface area contributed by atoms with E-state index in [-0.39, 0.29) is 0 Å². The maximum absolute atomic E-state index is 10.1. The Morgan fingerprint density at radius 1 is 1.44 bits per heavy atom. The van der Waals surface area contributed by atoms with Gasteiger partial charge in [0.25, 0.3) is 0 Å². The number of anilines is 1. The van der Waals surface area contributed by atoms with Crippen molar-refractivity contribution < 1.29 is 4.79 Å². The van der Waals surface area contributed by atoms with Crippen LogP contribution in [0.25, 0.3) is 0 Å². The molecular weight excluding hydrogens is 118 g/mol. The standard InChI is InChI=1S/C5H5N3O/c6-5-2-8-7-1-4(5)3-9/h1-3H,(H2,6,7). The number of aromatic nitrogens is 2. The summed E-state index contributed by atoms with van der Waals surface area (Å²) in [6.45, 7) is 0. The molecule has 0 atom stereocenters. The summed E-state index contributed by atoms with van der Waals surface area (Å²) in [5.41, 5.74) is 6.04. The van der Waals surface area contributed by atoms with Crippen LogP contribution in [0.2, 0.25) is 0 Å². The Labute approximate surface area is 51.7 Å². The van der Waals surface area contributed by atoms with Crippen LogP contribution in [-0.4, -0.2) is 16.5 Å². The molecule has 0 radical (unpaired) electrons. The van der Waals surface area contributed by atoms with Crippen LogP contribution in [0.4, 0.5) is 5.69 Å². The number of hydrogen-bond donors (Lipinski definition) is 1. The summed E-state index contributed by atoms with van der Waals surface area (Å²) < 4.78 is 0. The Balaban J connectivity index is 3.15. The van der Waals surface area contributed by atoms with Crippen molar-refractivity contribution in [3.05, 3.63) is 18.0 Å². The van der Waals surface area contributed by atoms with Crippen LogP contribution in [0, 0.1) is 0 Å². The van der Waals surface area contributed by atoms with Gasteiger partial charge in [0.2, 0.25) is 0 Å². The summed E-state index contributed by atoms with van der Waals surface area (Å²) in [6, 6.07) is 0. The van der Waals surface area contributed by atoms with Gasteiger partial charge in [-0.2, -0.15) is 10.2 Å². The Bertz CT molecular complexity index is 223. The van der Waals surface area contributed by atoms with Crippen molar-refractivity contribution in [2.75, 3.05) is 5.73 Å². The lowest BCUT2D eigenvalue weighted by Gasteiger charge is -1.90. The second-order valence-electron chi connectivity index (χ2n) is 1.52. The molecule has 0 fully saturated rings. The average molecular weight is 123 g/mol. The molecular formula is C5H5N3O. The maximum Gasteiger partial charge on any atom is 0.153 e. The van der Waals surface area contributed by atoms with Gasteiger partial charge in [-0.3, -0.25) is 4.79 Å². The van der Waals surface area contributed by atoms with Gasteiger partial charge in [-0.1, -0.05) is 0 Å². The second kappa shape index (κ2) is 2.21.